The Bertz CT molecular complexity index is 777. The maximum atomic E-state index is 12.3. The smallest absolute Gasteiger partial charge is 0.356 e. The van der Waals surface area contributed by atoms with E-state index in [1.807, 2.05) is 10.2 Å². The number of carbonyl (C=O) groups excluding carboxylic acids is 1. The number of piperidine rings is 1. The van der Waals surface area contributed by atoms with Crippen molar-refractivity contribution in [1.82, 2.24) is 20.4 Å². The van der Waals surface area contributed by atoms with E-state index in [0.717, 1.165) is 0 Å². The number of alkyl halides is 3. The van der Waals surface area contributed by atoms with Gasteiger partial charge in [0.25, 0.3) is 5.89 Å². The molecule has 2 aromatic rings. The minimum Gasteiger partial charge on any atom is -0.356 e. The van der Waals surface area contributed by atoms with Gasteiger partial charge in [-0.3, -0.25) is 4.79 Å². The molecule has 140 valence electrons. The quantitative estimate of drug-likeness (QED) is 0.891. The lowest BCUT2D eigenvalue weighted by molar-refractivity contribution is -0.140. The number of nitrogens with one attached hydrogen (secondary N) is 1. The summed E-state index contributed by atoms with van der Waals surface area (Å²) in [7, 11) is 0. The van der Waals surface area contributed by atoms with Crippen LogP contribution in [0.4, 0.5) is 19.0 Å². The summed E-state index contributed by atoms with van der Waals surface area (Å²) in [4.78, 5) is 22.4. The van der Waals surface area contributed by atoms with E-state index in [1.54, 1.807) is 25.3 Å². The van der Waals surface area contributed by atoms with Gasteiger partial charge in [-0.25, -0.2) is 4.98 Å². The molecule has 7 nitrogen and oxygen atoms in total. The van der Waals surface area contributed by atoms with E-state index in [4.69, 9.17) is 4.52 Å². The largest absolute Gasteiger partial charge is 0.405 e. The summed E-state index contributed by atoms with van der Waals surface area (Å²) in [6.45, 7) is 1.38. The SMILES string of the molecule is Cc1noc(-c2ccnc(N3CCCC(C(=O)NCC(F)(F)F)C3)c2)n1. The first kappa shape index (κ1) is 18.2. The van der Waals surface area contributed by atoms with Crippen molar-refractivity contribution in [3.05, 3.63) is 24.2 Å². The molecule has 1 fully saturated rings. The average Bonchev–Trinajstić information content (AvgIpc) is 3.06. The van der Waals surface area contributed by atoms with Gasteiger partial charge < -0.3 is 14.7 Å². The summed E-state index contributed by atoms with van der Waals surface area (Å²) in [6, 6.07) is 3.50. The number of aryl methyl sites for hydroxylation is 1. The number of aromatic nitrogens is 3. The number of anilines is 1. The molecule has 1 aliphatic heterocycles. The van der Waals surface area contributed by atoms with Gasteiger partial charge in [-0.1, -0.05) is 5.16 Å². The molecule has 10 heteroatoms. The molecule has 1 N–H and O–H groups in total. The van der Waals surface area contributed by atoms with Crippen molar-refractivity contribution in [3.8, 4) is 11.5 Å². The molecular weight excluding hydrogens is 351 g/mol. The zero-order chi connectivity index (χ0) is 18.7. The monoisotopic (exact) mass is 369 g/mol. The molecule has 1 aliphatic rings. The third kappa shape index (κ3) is 4.50. The molecule has 1 atom stereocenters. The number of hydrogen-bond donors (Lipinski definition) is 1. The second kappa shape index (κ2) is 7.30. The lowest BCUT2D eigenvalue weighted by Crippen LogP contribution is -2.45. The molecule has 0 aliphatic carbocycles. The molecule has 1 saturated heterocycles. The van der Waals surface area contributed by atoms with Gasteiger partial charge in [0.1, 0.15) is 12.4 Å². The lowest BCUT2D eigenvalue weighted by atomic mass is 9.97. The molecule has 1 amide bonds. The van der Waals surface area contributed by atoms with Gasteiger partial charge in [0.05, 0.1) is 5.92 Å². The number of halogens is 3. The first-order valence-electron chi connectivity index (χ1n) is 8.18. The summed E-state index contributed by atoms with van der Waals surface area (Å²) >= 11 is 0. The van der Waals surface area contributed by atoms with Crippen molar-refractivity contribution in [3.63, 3.8) is 0 Å². The Hall–Kier alpha value is -2.65. The van der Waals surface area contributed by atoms with E-state index in [0.29, 0.717) is 49.0 Å². The van der Waals surface area contributed by atoms with E-state index in [-0.39, 0.29) is 0 Å². The Balaban J connectivity index is 1.69. The van der Waals surface area contributed by atoms with Gasteiger partial charge in [0.2, 0.25) is 5.91 Å². The van der Waals surface area contributed by atoms with Crippen LogP contribution < -0.4 is 10.2 Å². The summed E-state index contributed by atoms with van der Waals surface area (Å²) in [5.41, 5.74) is 0.694. The van der Waals surface area contributed by atoms with Crippen LogP contribution in [0.3, 0.4) is 0 Å². The summed E-state index contributed by atoms with van der Waals surface area (Å²) in [5, 5.41) is 5.71. The average molecular weight is 369 g/mol. The first-order valence-corrected chi connectivity index (χ1v) is 8.18. The van der Waals surface area contributed by atoms with Crippen molar-refractivity contribution in [2.75, 3.05) is 24.5 Å². The highest BCUT2D eigenvalue weighted by molar-refractivity contribution is 5.79. The van der Waals surface area contributed by atoms with Gasteiger partial charge in [0.15, 0.2) is 5.82 Å². The normalized spacial score (nSPS) is 18.0. The summed E-state index contributed by atoms with van der Waals surface area (Å²) in [6.07, 6.45) is -1.59. The van der Waals surface area contributed by atoms with Gasteiger partial charge in [-0.05, 0) is 31.9 Å². The van der Waals surface area contributed by atoms with E-state index in [9.17, 15) is 18.0 Å². The molecule has 1 unspecified atom stereocenters. The van der Waals surface area contributed by atoms with Gasteiger partial charge in [-0.15, -0.1) is 0 Å². The first-order chi connectivity index (χ1) is 12.3. The van der Waals surface area contributed by atoms with E-state index < -0.39 is 24.5 Å². The fourth-order valence-electron chi connectivity index (χ4n) is 2.87. The van der Waals surface area contributed by atoms with Crippen molar-refractivity contribution >= 4 is 11.7 Å². The molecule has 0 bridgehead atoms. The standard InChI is InChI=1S/C16H18F3N5O2/c1-10-22-15(26-23-10)11-4-5-20-13(7-11)24-6-2-3-12(8-24)14(25)21-9-16(17,18)19/h4-5,7,12H,2-3,6,8-9H2,1H3,(H,21,25). The van der Waals surface area contributed by atoms with E-state index in [2.05, 4.69) is 15.1 Å². The van der Waals surface area contributed by atoms with Crippen molar-refractivity contribution in [1.29, 1.82) is 0 Å². The lowest BCUT2D eigenvalue weighted by Gasteiger charge is -2.33. The van der Waals surface area contributed by atoms with Crippen LogP contribution in [0.5, 0.6) is 0 Å². The van der Waals surface area contributed by atoms with Crippen LogP contribution in [-0.2, 0) is 4.79 Å². The number of amides is 1. The van der Waals surface area contributed by atoms with Crippen LogP contribution in [0.25, 0.3) is 11.5 Å². The van der Waals surface area contributed by atoms with E-state index in [1.165, 1.54) is 0 Å². The summed E-state index contributed by atoms with van der Waals surface area (Å²) in [5.74, 6) is 0.393. The van der Waals surface area contributed by atoms with Crippen LogP contribution in [0.2, 0.25) is 0 Å². The van der Waals surface area contributed by atoms with Crippen LogP contribution in [0.1, 0.15) is 18.7 Å². The number of carbonyl (C=O) groups is 1. The molecule has 0 aromatic carbocycles. The molecule has 2 aromatic heterocycles. The Labute approximate surface area is 147 Å². The molecule has 0 saturated carbocycles. The number of rotatable bonds is 4. The fourth-order valence-corrected chi connectivity index (χ4v) is 2.87. The second-order valence-corrected chi connectivity index (χ2v) is 6.17. The van der Waals surface area contributed by atoms with Gasteiger partial charge in [-0.2, -0.15) is 18.2 Å². The molecule has 0 radical (unpaired) electrons. The summed E-state index contributed by atoms with van der Waals surface area (Å²) < 4.78 is 42.0. The predicted molar refractivity (Wildman–Crippen MR) is 86.3 cm³/mol. The Kier molecular flexibility index (Phi) is 5.10. The molecule has 0 spiro atoms. The fraction of sp³-hybridized carbons (Fsp3) is 0.500. The zero-order valence-electron chi connectivity index (χ0n) is 14.1. The van der Waals surface area contributed by atoms with Gasteiger partial charge >= 0.3 is 6.18 Å². The van der Waals surface area contributed by atoms with Crippen molar-refractivity contribution in [2.24, 2.45) is 5.92 Å². The van der Waals surface area contributed by atoms with Crippen molar-refractivity contribution in [2.45, 2.75) is 25.9 Å². The molecular formula is C16H18F3N5O2. The molecule has 3 heterocycles. The Morgan fingerprint density at radius 2 is 2.27 bits per heavy atom. The van der Waals surface area contributed by atoms with Crippen molar-refractivity contribution < 1.29 is 22.5 Å². The minimum absolute atomic E-state index is 0.309. The highest BCUT2D eigenvalue weighted by Gasteiger charge is 2.31. The third-order valence-electron chi connectivity index (χ3n) is 4.10. The number of hydrogen-bond acceptors (Lipinski definition) is 6. The van der Waals surface area contributed by atoms with Crippen LogP contribution in [-0.4, -0.2) is 46.8 Å². The number of nitrogens with zero attached hydrogens (tertiary/aromatic N) is 4. The number of pyridine rings is 1. The Morgan fingerprint density at radius 3 is 2.96 bits per heavy atom. The topological polar surface area (TPSA) is 84.2 Å². The Morgan fingerprint density at radius 1 is 1.46 bits per heavy atom. The van der Waals surface area contributed by atoms with Gasteiger partial charge in [0, 0.05) is 24.8 Å². The molecule has 3 rings (SSSR count). The van der Waals surface area contributed by atoms with Crippen LogP contribution in [0, 0.1) is 12.8 Å². The highest BCUT2D eigenvalue weighted by Crippen LogP contribution is 2.26. The second-order valence-electron chi connectivity index (χ2n) is 6.17. The highest BCUT2D eigenvalue weighted by atomic mass is 19.4. The molecule has 26 heavy (non-hydrogen) atoms. The van der Waals surface area contributed by atoms with Crippen LogP contribution >= 0.6 is 0 Å². The minimum atomic E-state index is -4.41. The zero-order valence-corrected chi connectivity index (χ0v) is 14.1. The third-order valence-corrected chi connectivity index (χ3v) is 4.10. The predicted octanol–water partition coefficient (Wildman–Crippen LogP) is 2.33. The van der Waals surface area contributed by atoms with E-state index >= 15 is 0 Å². The maximum absolute atomic E-state index is 12.3. The van der Waals surface area contributed by atoms with Crippen LogP contribution in [0.15, 0.2) is 22.9 Å². The maximum Gasteiger partial charge on any atom is 0.405 e.